The molecule has 0 saturated heterocycles. The van der Waals surface area contributed by atoms with Gasteiger partial charge in [0.05, 0.1) is 11.6 Å². The first-order chi connectivity index (χ1) is 8.27. The summed E-state index contributed by atoms with van der Waals surface area (Å²) in [4.78, 5) is 4.51. The number of fused-ring (bicyclic) bond motifs is 1. The van der Waals surface area contributed by atoms with E-state index < -0.39 is 0 Å². The normalized spacial score (nSPS) is 22.9. The molecule has 0 aromatic heterocycles. The van der Waals surface area contributed by atoms with E-state index in [-0.39, 0.29) is 5.75 Å². The first-order valence-corrected chi connectivity index (χ1v) is 6.43. The predicted octanol–water partition coefficient (Wildman–Crippen LogP) is 2.47. The fourth-order valence-electron chi connectivity index (χ4n) is 2.78. The number of hydrogen-bond donors (Lipinski definition) is 2. The molecular weight excluding hydrogens is 236 g/mol. The van der Waals surface area contributed by atoms with Crippen molar-refractivity contribution >= 4 is 17.4 Å². The van der Waals surface area contributed by atoms with E-state index in [1.54, 1.807) is 6.07 Å². The van der Waals surface area contributed by atoms with E-state index in [4.69, 9.17) is 11.6 Å². The van der Waals surface area contributed by atoms with Crippen LogP contribution in [0.4, 0.5) is 0 Å². The molecule has 1 aromatic rings. The standard InChI is InChI=1S/C13H15ClN2O/c14-12-9-2-1-3-10(13-15-6-7-16-13)8(9)4-5-11(12)17/h4-5,10,17H,1-3,6-7H2,(H,15,16). The lowest BCUT2D eigenvalue weighted by Crippen LogP contribution is -2.28. The van der Waals surface area contributed by atoms with E-state index in [1.165, 1.54) is 5.56 Å². The molecule has 0 fully saturated rings. The maximum atomic E-state index is 9.65. The first kappa shape index (κ1) is 10.9. The molecule has 4 heteroatoms. The molecule has 0 saturated carbocycles. The zero-order valence-electron chi connectivity index (χ0n) is 9.54. The number of halogens is 1. The van der Waals surface area contributed by atoms with Crippen LogP contribution < -0.4 is 5.32 Å². The summed E-state index contributed by atoms with van der Waals surface area (Å²) in [5, 5.41) is 13.5. The van der Waals surface area contributed by atoms with Gasteiger partial charge >= 0.3 is 0 Å². The second-order valence-corrected chi connectivity index (χ2v) is 4.98. The summed E-state index contributed by atoms with van der Waals surface area (Å²) in [6.45, 7) is 1.81. The van der Waals surface area contributed by atoms with E-state index in [0.717, 1.165) is 43.8 Å². The summed E-state index contributed by atoms with van der Waals surface area (Å²) in [6.07, 6.45) is 3.16. The second kappa shape index (κ2) is 4.22. The van der Waals surface area contributed by atoms with Crippen molar-refractivity contribution in [2.24, 2.45) is 4.99 Å². The van der Waals surface area contributed by atoms with Gasteiger partial charge in [0.1, 0.15) is 11.6 Å². The quantitative estimate of drug-likeness (QED) is 0.804. The van der Waals surface area contributed by atoms with Gasteiger partial charge in [-0.15, -0.1) is 0 Å². The zero-order chi connectivity index (χ0) is 11.8. The van der Waals surface area contributed by atoms with Crippen LogP contribution in [0.15, 0.2) is 17.1 Å². The Balaban J connectivity index is 2.05. The van der Waals surface area contributed by atoms with Crippen LogP contribution in [0.5, 0.6) is 5.75 Å². The Morgan fingerprint density at radius 1 is 1.41 bits per heavy atom. The number of rotatable bonds is 1. The van der Waals surface area contributed by atoms with E-state index in [9.17, 15) is 5.11 Å². The molecule has 0 spiro atoms. The lowest BCUT2D eigenvalue weighted by molar-refractivity contribution is 0.473. The van der Waals surface area contributed by atoms with Crippen molar-refractivity contribution in [1.29, 1.82) is 0 Å². The van der Waals surface area contributed by atoms with Crippen molar-refractivity contribution in [3.63, 3.8) is 0 Å². The highest BCUT2D eigenvalue weighted by molar-refractivity contribution is 6.33. The molecule has 1 aliphatic carbocycles. The second-order valence-electron chi connectivity index (χ2n) is 4.61. The van der Waals surface area contributed by atoms with Crippen LogP contribution in [0.25, 0.3) is 0 Å². The number of phenols is 1. The van der Waals surface area contributed by atoms with Crippen LogP contribution in [0.3, 0.4) is 0 Å². The van der Waals surface area contributed by atoms with Gasteiger partial charge in [0.25, 0.3) is 0 Å². The van der Waals surface area contributed by atoms with Crippen molar-refractivity contribution < 1.29 is 5.11 Å². The topological polar surface area (TPSA) is 44.6 Å². The fourth-order valence-corrected chi connectivity index (χ4v) is 3.04. The molecule has 0 radical (unpaired) electrons. The lowest BCUT2D eigenvalue weighted by Gasteiger charge is -2.26. The highest BCUT2D eigenvalue weighted by atomic mass is 35.5. The number of benzene rings is 1. The number of phenolic OH excluding ortho intramolecular Hbond substituents is 1. The van der Waals surface area contributed by atoms with Gasteiger partial charge in [-0.05, 0) is 36.5 Å². The Morgan fingerprint density at radius 3 is 3.06 bits per heavy atom. The van der Waals surface area contributed by atoms with E-state index in [1.807, 2.05) is 6.07 Å². The van der Waals surface area contributed by atoms with Crippen LogP contribution in [-0.2, 0) is 6.42 Å². The fraction of sp³-hybridized carbons (Fsp3) is 0.462. The zero-order valence-corrected chi connectivity index (χ0v) is 10.3. The molecule has 1 unspecified atom stereocenters. The largest absolute Gasteiger partial charge is 0.506 e. The van der Waals surface area contributed by atoms with Crippen LogP contribution in [0.1, 0.15) is 29.9 Å². The van der Waals surface area contributed by atoms with Gasteiger partial charge < -0.3 is 10.4 Å². The number of amidine groups is 1. The molecule has 2 aliphatic rings. The van der Waals surface area contributed by atoms with Crippen molar-refractivity contribution in [2.45, 2.75) is 25.2 Å². The van der Waals surface area contributed by atoms with Gasteiger partial charge in [-0.1, -0.05) is 17.7 Å². The van der Waals surface area contributed by atoms with E-state index >= 15 is 0 Å². The molecule has 90 valence electrons. The summed E-state index contributed by atoms with van der Waals surface area (Å²) in [6, 6.07) is 3.68. The average molecular weight is 251 g/mol. The molecule has 0 amide bonds. The van der Waals surface area contributed by atoms with Gasteiger partial charge in [-0.2, -0.15) is 0 Å². The van der Waals surface area contributed by atoms with Crippen LogP contribution in [0.2, 0.25) is 5.02 Å². The molecule has 3 nitrogen and oxygen atoms in total. The third kappa shape index (κ3) is 1.78. The van der Waals surface area contributed by atoms with Crippen LogP contribution >= 0.6 is 11.6 Å². The molecule has 1 aliphatic heterocycles. The van der Waals surface area contributed by atoms with Crippen LogP contribution in [0, 0.1) is 0 Å². The van der Waals surface area contributed by atoms with Crippen LogP contribution in [-0.4, -0.2) is 24.0 Å². The third-order valence-corrected chi connectivity index (χ3v) is 4.01. The SMILES string of the molecule is Oc1ccc2c(c1Cl)CCCC2C1=NCCN1. The van der Waals surface area contributed by atoms with Crippen molar-refractivity contribution in [3.8, 4) is 5.75 Å². The smallest absolute Gasteiger partial charge is 0.134 e. The number of hydrogen-bond acceptors (Lipinski definition) is 3. The van der Waals surface area contributed by atoms with Crippen molar-refractivity contribution in [1.82, 2.24) is 5.32 Å². The molecular formula is C13H15ClN2O. The molecule has 1 aromatic carbocycles. The van der Waals surface area contributed by atoms with Gasteiger partial charge in [0.15, 0.2) is 0 Å². The highest BCUT2D eigenvalue weighted by Gasteiger charge is 2.28. The van der Waals surface area contributed by atoms with Gasteiger partial charge in [-0.25, -0.2) is 0 Å². The number of nitrogens with one attached hydrogen (secondary N) is 1. The summed E-state index contributed by atoms with van der Waals surface area (Å²) in [5.41, 5.74) is 2.33. The van der Waals surface area contributed by atoms with Crippen molar-refractivity contribution in [2.75, 3.05) is 13.1 Å². The number of aliphatic imine (C=N–C) groups is 1. The Morgan fingerprint density at radius 2 is 2.29 bits per heavy atom. The highest BCUT2D eigenvalue weighted by Crippen LogP contribution is 2.39. The maximum absolute atomic E-state index is 9.65. The molecule has 3 rings (SSSR count). The third-order valence-electron chi connectivity index (χ3n) is 3.58. The molecule has 2 N–H and O–H groups in total. The summed E-state index contributed by atoms with van der Waals surface area (Å²) in [5.74, 6) is 1.61. The molecule has 0 bridgehead atoms. The van der Waals surface area contributed by atoms with Gasteiger partial charge in [0, 0.05) is 12.5 Å². The molecule has 1 heterocycles. The minimum absolute atomic E-state index is 0.187. The monoisotopic (exact) mass is 250 g/mol. The van der Waals surface area contributed by atoms with Gasteiger partial charge in [-0.3, -0.25) is 4.99 Å². The Bertz CT molecular complexity index is 485. The minimum Gasteiger partial charge on any atom is -0.506 e. The first-order valence-electron chi connectivity index (χ1n) is 6.06. The number of nitrogens with zero attached hydrogens (tertiary/aromatic N) is 1. The Labute approximate surface area is 106 Å². The van der Waals surface area contributed by atoms with Gasteiger partial charge in [0.2, 0.25) is 0 Å². The van der Waals surface area contributed by atoms with E-state index in [0.29, 0.717) is 10.9 Å². The summed E-state index contributed by atoms with van der Waals surface area (Å²) >= 11 is 6.17. The number of aromatic hydroxyl groups is 1. The lowest BCUT2D eigenvalue weighted by atomic mass is 9.82. The summed E-state index contributed by atoms with van der Waals surface area (Å²) in [7, 11) is 0. The van der Waals surface area contributed by atoms with E-state index in [2.05, 4.69) is 10.3 Å². The summed E-state index contributed by atoms with van der Waals surface area (Å²) < 4.78 is 0. The van der Waals surface area contributed by atoms with Crippen molar-refractivity contribution in [3.05, 3.63) is 28.3 Å². The maximum Gasteiger partial charge on any atom is 0.134 e. The molecule has 17 heavy (non-hydrogen) atoms. The Hall–Kier alpha value is -1.22. The minimum atomic E-state index is 0.187. The predicted molar refractivity (Wildman–Crippen MR) is 69.1 cm³/mol. The Kier molecular flexibility index (Phi) is 2.71. The average Bonchev–Trinajstić information content (AvgIpc) is 2.87. The molecule has 1 atom stereocenters.